The van der Waals surface area contributed by atoms with Gasteiger partial charge < -0.3 is 10.2 Å². The van der Waals surface area contributed by atoms with Crippen molar-refractivity contribution in [1.29, 1.82) is 0 Å². The highest BCUT2D eigenvalue weighted by Crippen LogP contribution is 2.22. The van der Waals surface area contributed by atoms with Crippen LogP contribution >= 0.6 is 23.2 Å². The van der Waals surface area contributed by atoms with Crippen LogP contribution in [0.3, 0.4) is 0 Å². The molecule has 0 saturated carbocycles. The molecule has 0 fully saturated rings. The molecule has 1 aromatic rings. The molecule has 16 heavy (non-hydrogen) atoms. The first kappa shape index (κ1) is 12.5. The molecule has 2 N–H and O–H groups in total. The fraction of sp³-hybridized carbons (Fsp3) is 0. The number of carboxylic acids is 1. The zero-order valence-corrected chi connectivity index (χ0v) is 9.29. The van der Waals surface area contributed by atoms with Crippen LogP contribution in [0.2, 0.25) is 10.0 Å². The van der Waals surface area contributed by atoms with Crippen molar-refractivity contribution in [2.75, 3.05) is 0 Å². The van der Waals surface area contributed by atoms with Crippen molar-refractivity contribution >= 4 is 35.0 Å². The number of halogens is 2. The minimum absolute atomic E-state index is 0.141. The maximum atomic E-state index is 11.4. The Morgan fingerprint density at radius 1 is 1.12 bits per heavy atom. The van der Waals surface area contributed by atoms with Gasteiger partial charge in [-0.1, -0.05) is 23.2 Å². The summed E-state index contributed by atoms with van der Waals surface area (Å²) >= 11 is 11.3. The zero-order chi connectivity index (χ0) is 12.3. The predicted octanol–water partition coefficient (Wildman–Crippen LogP) is 2.70. The number of carboxylic acid groups (broad SMARTS) is 1. The molecule has 0 saturated heterocycles. The molecule has 0 heterocycles. The quantitative estimate of drug-likeness (QED) is 0.498. The van der Waals surface area contributed by atoms with E-state index >= 15 is 0 Å². The number of allylic oxidation sites excluding steroid dienone is 1. The molecule has 0 aliphatic rings. The number of hydrogen-bond donors (Lipinski definition) is 2. The molecule has 0 atom stereocenters. The van der Waals surface area contributed by atoms with Crippen molar-refractivity contribution in [3.8, 4) is 0 Å². The SMILES string of the molecule is O=C(O)/C(O)=C/C(=O)c1ccc(Cl)c(Cl)c1. The van der Waals surface area contributed by atoms with Crippen molar-refractivity contribution in [1.82, 2.24) is 0 Å². The summed E-state index contributed by atoms with van der Waals surface area (Å²) < 4.78 is 0. The maximum Gasteiger partial charge on any atom is 0.371 e. The summed E-state index contributed by atoms with van der Waals surface area (Å²) in [5.41, 5.74) is 0.141. The van der Waals surface area contributed by atoms with Crippen LogP contribution in [-0.4, -0.2) is 22.0 Å². The first-order valence-corrected chi connectivity index (χ1v) is 4.80. The van der Waals surface area contributed by atoms with Gasteiger partial charge >= 0.3 is 5.97 Å². The second kappa shape index (κ2) is 5.01. The topological polar surface area (TPSA) is 74.6 Å². The maximum absolute atomic E-state index is 11.4. The molecule has 1 rings (SSSR count). The van der Waals surface area contributed by atoms with Crippen LogP contribution in [-0.2, 0) is 4.79 Å². The van der Waals surface area contributed by atoms with Crippen molar-refractivity contribution < 1.29 is 19.8 Å². The number of hydrogen-bond acceptors (Lipinski definition) is 3. The van der Waals surface area contributed by atoms with Gasteiger partial charge in [-0.05, 0) is 18.2 Å². The number of aliphatic carboxylic acids is 1. The Kier molecular flexibility index (Phi) is 3.93. The highest BCUT2D eigenvalue weighted by Gasteiger charge is 2.10. The van der Waals surface area contributed by atoms with Gasteiger partial charge in [-0.15, -0.1) is 0 Å². The number of carbonyl (C=O) groups is 2. The Bertz CT molecular complexity index is 480. The Morgan fingerprint density at radius 2 is 1.75 bits per heavy atom. The van der Waals surface area contributed by atoms with Gasteiger partial charge in [0.15, 0.2) is 5.78 Å². The predicted molar refractivity (Wildman–Crippen MR) is 59.1 cm³/mol. The molecule has 6 heteroatoms. The summed E-state index contributed by atoms with van der Waals surface area (Å²) in [6.45, 7) is 0. The molecule has 0 aliphatic carbocycles. The largest absolute Gasteiger partial charge is 0.502 e. The molecular weight excluding hydrogens is 255 g/mol. The molecular formula is C10H6Cl2O4. The van der Waals surface area contributed by atoms with Gasteiger partial charge in [0.05, 0.1) is 10.0 Å². The summed E-state index contributed by atoms with van der Waals surface area (Å²) in [7, 11) is 0. The summed E-state index contributed by atoms with van der Waals surface area (Å²) in [6.07, 6.45) is 0.599. The van der Waals surface area contributed by atoms with Gasteiger partial charge in [0.25, 0.3) is 0 Å². The van der Waals surface area contributed by atoms with E-state index in [4.69, 9.17) is 33.4 Å². The van der Waals surface area contributed by atoms with E-state index in [1.54, 1.807) is 0 Å². The van der Waals surface area contributed by atoms with E-state index in [0.717, 1.165) is 0 Å². The van der Waals surface area contributed by atoms with E-state index in [1.165, 1.54) is 18.2 Å². The average molecular weight is 261 g/mol. The summed E-state index contributed by atoms with van der Waals surface area (Å²) in [5, 5.41) is 17.7. The molecule has 0 aliphatic heterocycles. The lowest BCUT2D eigenvalue weighted by atomic mass is 10.1. The average Bonchev–Trinajstić information content (AvgIpc) is 2.21. The van der Waals surface area contributed by atoms with Gasteiger partial charge in [0.1, 0.15) is 0 Å². The van der Waals surface area contributed by atoms with Crippen molar-refractivity contribution in [2.45, 2.75) is 0 Å². The van der Waals surface area contributed by atoms with E-state index in [9.17, 15) is 9.59 Å². The molecule has 0 amide bonds. The fourth-order valence-electron chi connectivity index (χ4n) is 0.919. The lowest BCUT2D eigenvalue weighted by molar-refractivity contribution is -0.135. The minimum atomic E-state index is -1.58. The second-order valence-electron chi connectivity index (χ2n) is 2.83. The first-order valence-electron chi connectivity index (χ1n) is 4.05. The van der Waals surface area contributed by atoms with Crippen LogP contribution in [0.15, 0.2) is 30.0 Å². The molecule has 1 aromatic carbocycles. The lowest BCUT2D eigenvalue weighted by Crippen LogP contribution is -2.03. The van der Waals surface area contributed by atoms with Gasteiger partial charge in [0.2, 0.25) is 5.76 Å². The van der Waals surface area contributed by atoms with Crippen LogP contribution in [0, 0.1) is 0 Å². The van der Waals surface area contributed by atoms with Crippen LogP contribution in [0.1, 0.15) is 10.4 Å². The molecule has 0 aromatic heterocycles. The Labute approximate surface area is 101 Å². The summed E-state index contributed by atoms with van der Waals surface area (Å²) in [6, 6.07) is 4.07. The van der Waals surface area contributed by atoms with Crippen molar-refractivity contribution in [3.63, 3.8) is 0 Å². The molecule has 4 nitrogen and oxygen atoms in total. The van der Waals surface area contributed by atoms with Crippen LogP contribution < -0.4 is 0 Å². The summed E-state index contributed by atoms with van der Waals surface area (Å²) in [4.78, 5) is 21.7. The van der Waals surface area contributed by atoms with Crippen molar-refractivity contribution in [3.05, 3.63) is 45.6 Å². The molecule has 0 radical (unpaired) electrons. The Balaban J connectivity index is 3.02. The van der Waals surface area contributed by atoms with Gasteiger partial charge in [0, 0.05) is 11.6 Å². The zero-order valence-electron chi connectivity index (χ0n) is 7.78. The van der Waals surface area contributed by atoms with Crippen LogP contribution in [0.25, 0.3) is 0 Å². The monoisotopic (exact) mass is 260 g/mol. The molecule has 0 spiro atoms. The Hall–Kier alpha value is -1.52. The number of rotatable bonds is 3. The number of ketones is 1. The number of benzene rings is 1. The summed E-state index contributed by atoms with van der Waals surface area (Å²) in [5.74, 6) is -3.28. The second-order valence-corrected chi connectivity index (χ2v) is 3.64. The minimum Gasteiger partial charge on any atom is -0.502 e. The lowest BCUT2D eigenvalue weighted by Gasteiger charge is -1.99. The molecule has 84 valence electrons. The standard InChI is InChI=1S/C10H6Cl2O4/c11-6-2-1-5(3-7(6)12)8(13)4-9(14)10(15)16/h1-4,14H,(H,15,16)/b9-4-. The van der Waals surface area contributed by atoms with Crippen molar-refractivity contribution in [2.24, 2.45) is 0 Å². The third kappa shape index (κ3) is 2.98. The number of aliphatic hydroxyl groups excluding tert-OH is 1. The Morgan fingerprint density at radius 3 is 2.25 bits per heavy atom. The smallest absolute Gasteiger partial charge is 0.371 e. The fourth-order valence-corrected chi connectivity index (χ4v) is 1.22. The first-order chi connectivity index (χ1) is 7.41. The van der Waals surface area contributed by atoms with E-state index < -0.39 is 17.5 Å². The van der Waals surface area contributed by atoms with E-state index in [-0.39, 0.29) is 15.6 Å². The molecule has 0 unspecified atom stereocenters. The van der Waals surface area contributed by atoms with Crippen LogP contribution in [0.4, 0.5) is 0 Å². The highest BCUT2D eigenvalue weighted by molar-refractivity contribution is 6.42. The highest BCUT2D eigenvalue weighted by atomic mass is 35.5. The van der Waals surface area contributed by atoms with Gasteiger partial charge in [-0.3, -0.25) is 4.79 Å². The molecule has 0 bridgehead atoms. The third-order valence-corrected chi connectivity index (χ3v) is 2.43. The normalized spacial score (nSPS) is 11.2. The van der Waals surface area contributed by atoms with E-state index in [2.05, 4.69) is 0 Å². The number of carbonyl (C=O) groups excluding carboxylic acids is 1. The van der Waals surface area contributed by atoms with Gasteiger partial charge in [-0.2, -0.15) is 0 Å². The van der Waals surface area contributed by atoms with E-state index in [0.29, 0.717) is 6.08 Å². The number of aliphatic hydroxyl groups is 1. The van der Waals surface area contributed by atoms with E-state index in [1.807, 2.05) is 0 Å². The van der Waals surface area contributed by atoms with Crippen LogP contribution in [0.5, 0.6) is 0 Å². The van der Waals surface area contributed by atoms with Gasteiger partial charge in [-0.25, -0.2) is 4.79 Å². The third-order valence-electron chi connectivity index (χ3n) is 1.69.